The SMILES string of the molecule is CCCCCc1ccc(-c2ccc(CC[C@H]3CC[C@H](CCCCC)CC3)cc2)nn1. The lowest BCUT2D eigenvalue weighted by Crippen LogP contribution is -2.15. The minimum atomic E-state index is 0.943. The van der Waals surface area contributed by atoms with Crippen molar-refractivity contribution in [2.24, 2.45) is 11.8 Å². The molecule has 0 saturated heterocycles. The predicted molar refractivity (Wildman–Crippen MR) is 129 cm³/mol. The molecule has 1 saturated carbocycles. The molecule has 0 amide bonds. The second-order valence-corrected chi connectivity index (χ2v) is 9.49. The number of aryl methyl sites for hydroxylation is 2. The first kappa shape index (κ1) is 23.0. The molecule has 30 heavy (non-hydrogen) atoms. The molecule has 0 unspecified atom stereocenters. The van der Waals surface area contributed by atoms with E-state index in [0.717, 1.165) is 29.6 Å². The van der Waals surface area contributed by atoms with Gasteiger partial charge in [-0.2, -0.15) is 10.2 Å². The van der Waals surface area contributed by atoms with Gasteiger partial charge in [-0.1, -0.05) is 102 Å². The molecular weight excluding hydrogens is 364 g/mol. The molecule has 0 bridgehead atoms. The molecule has 1 aliphatic carbocycles. The largest absolute Gasteiger partial charge is 0.155 e. The Hall–Kier alpha value is -1.70. The fourth-order valence-electron chi connectivity index (χ4n) is 4.91. The Bertz CT molecular complexity index is 696. The lowest BCUT2D eigenvalue weighted by Gasteiger charge is -2.28. The van der Waals surface area contributed by atoms with E-state index in [4.69, 9.17) is 0 Å². The molecule has 1 aromatic heterocycles. The van der Waals surface area contributed by atoms with Crippen LogP contribution in [0.1, 0.15) is 102 Å². The average Bonchev–Trinajstić information content (AvgIpc) is 2.80. The summed E-state index contributed by atoms with van der Waals surface area (Å²) in [5.74, 6) is 1.96. The Morgan fingerprint density at radius 1 is 0.667 bits per heavy atom. The van der Waals surface area contributed by atoms with Crippen LogP contribution >= 0.6 is 0 Å². The fraction of sp³-hybridized carbons (Fsp3) is 0.643. The number of nitrogens with zero attached hydrogens (tertiary/aromatic N) is 2. The van der Waals surface area contributed by atoms with Gasteiger partial charge >= 0.3 is 0 Å². The minimum absolute atomic E-state index is 0.943. The summed E-state index contributed by atoms with van der Waals surface area (Å²) in [6, 6.07) is 13.3. The lowest BCUT2D eigenvalue weighted by atomic mass is 9.78. The molecule has 0 aliphatic heterocycles. The molecule has 3 rings (SSSR count). The normalized spacial score (nSPS) is 19.1. The molecule has 2 aromatic rings. The Labute approximate surface area is 184 Å². The summed E-state index contributed by atoms with van der Waals surface area (Å²) in [5.41, 5.74) is 4.75. The molecule has 1 heterocycles. The van der Waals surface area contributed by atoms with Gasteiger partial charge in [0.05, 0.1) is 11.4 Å². The van der Waals surface area contributed by atoms with E-state index in [1.807, 2.05) is 0 Å². The molecule has 0 radical (unpaired) electrons. The highest BCUT2D eigenvalue weighted by Crippen LogP contribution is 2.34. The third kappa shape index (κ3) is 7.52. The highest BCUT2D eigenvalue weighted by Gasteiger charge is 2.20. The van der Waals surface area contributed by atoms with Crippen molar-refractivity contribution >= 4 is 0 Å². The van der Waals surface area contributed by atoms with Crippen LogP contribution in [0.4, 0.5) is 0 Å². The minimum Gasteiger partial charge on any atom is -0.155 e. The molecule has 164 valence electrons. The van der Waals surface area contributed by atoms with Crippen LogP contribution in [0.15, 0.2) is 36.4 Å². The van der Waals surface area contributed by atoms with Gasteiger partial charge in [0.25, 0.3) is 0 Å². The summed E-state index contributed by atoms with van der Waals surface area (Å²) < 4.78 is 0. The second-order valence-electron chi connectivity index (χ2n) is 9.49. The molecule has 2 heteroatoms. The van der Waals surface area contributed by atoms with E-state index in [1.165, 1.54) is 94.6 Å². The summed E-state index contributed by atoms with van der Waals surface area (Å²) in [7, 11) is 0. The third-order valence-electron chi connectivity index (χ3n) is 7.03. The summed E-state index contributed by atoms with van der Waals surface area (Å²) in [6.07, 6.45) is 18.9. The smallest absolute Gasteiger partial charge is 0.0929 e. The molecule has 0 spiro atoms. The van der Waals surface area contributed by atoms with Gasteiger partial charge in [0.2, 0.25) is 0 Å². The number of hydrogen-bond donors (Lipinski definition) is 0. The van der Waals surface area contributed by atoms with E-state index >= 15 is 0 Å². The zero-order chi connectivity index (χ0) is 21.0. The molecule has 1 aliphatic rings. The van der Waals surface area contributed by atoms with E-state index in [1.54, 1.807) is 0 Å². The van der Waals surface area contributed by atoms with Crippen LogP contribution in [-0.2, 0) is 12.8 Å². The van der Waals surface area contributed by atoms with E-state index in [-0.39, 0.29) is 0 Å². The predicted octanol–water partition coefficient (Wildman–Crippen LogP) is 8.20. The van der Waals surface area contributed by atoms with E-state index in [0.29, 0.717) is 0 Å². The van der Waals surface area contributed by atoms with Crippen LogP contribution < -0.4 is 0 Å². The van der Waals surface area contributed by atoms with Crippen molar-refractivity contribution in [1.82, 2.24) is 10.2 Å². The number of aromatic nitrogens is 2. The first-order valence-corrected chi connectivity index (χ1v) is 12.7. The molecule has 1 aromatic carbocycles. The average molecular weight is 407 g/mol. The lowest BCUT2D eigenvalue weighted by molar-refractivity contribution is 0.249. The van der Waals surface area contributed by atoms with Gasteiger partial charge in [0.1, 0.15) is 0 Å². The van der Waals surface area contributed by atoms with E-state index in [9.17, 15) is 0 Å². The van der Waals surface area contributed by atoms with Crippen molar-refractivity contribution in [3.63, 3.8) is 0 Å². The standard InChI is InChI=1S/C28H42N2/c1-3-5-7-9-23-11-13-24(14-12-23)15-16-25-17-19-26(20-18-25)28-22-21-27(29-30-28)10-8-6-4-2/h17-24H,3-16H2,1-2H3/t23-,24-. The van der Waals surface area contributed by atoms with Gasteiger partial charge in [0, 0.05) is 5.56 Å². The molecule has 0 atom stereocenters. The second kappa shape index (κ2) is 12.9. The first-order valence-electron chi connectivity index (χ1n) is 12.7. The van der Waals surface area contributed by atoms with Crippen LogP contribution in [-0.4, -0.2) is 10.2 Å². The Kier molecular flexibility index (Phi) is 9.86. The summed E-state index contributed by atoms with van der Waals surface area (Å²) in [4.78, 5) is 0. The summed E-state index contributed by atoms with van der Waals surface area (Å²) in [6.45, 7) is 4.54. The highest BCUT2D eigenvalue weighted by molar-refractivity contribution is 5.58. The van der Waals surface area contributed by atoms with Crippen molar-refractivity contribution in [1.29, 1.82) is 0 Å². The number of benzene rings is 1. The van der Waals surface area contributed by atoms with Crippen molar-refractivity contribution in [2.45, 2.75) is 104 Å². The van der Waals surface area contributed by atoms with Gasteiger partial charge in [-0.25, -0.2) is 0 Å². The van der Waals surface area contributed by atoms with E-state index < -0.39 is 0 Å². The quantitative estimate of drug-likeness (QED) is 0.332. The fourth-order valence-corrected chi connectivity index (χ4v) is 4.91. The summed E-state index contributed by atoms with van der Waals surface area (Å²) in [5, 5.41) is 8.89. The van der Waals surface area contributed by atoms with Crippen molar-refractivity contribution in [3.8, 4) is 11.3 Å². The highest BCUT2D eigenvalue weighted by atomic mass is 15.1. The maximum absolute atomic E-state index is 4.46. The zero-order valence-electron chi connectivity index (χ0n) is 19.4. The number of rotatable bonds is 12. The van der Waals surface area contributed by atoms with E-state index in [2.05, 4.69) is 60.4 Å². The maximum atomic E-state index is 4.46. The number of unbranched alkanes of at least 4 members (excludes halogenated alkanes) is 4. The molecular formula is C28H42N2. The van der Waals surface area contributed by atoms with Crippen LogP contribution in [0.5, 0.6) is 0 Å². The first-order chi connectivity index (χ1) is 14.8. The molecule has 2 nitrogen and oxygen atoms in total. The van der Waals surface area contributed by atoms with Crippen LogP contribution in [0.3, 0.4) is 0 Å². The van der Waals surface area contributed by atoms with Gasteiger partial charge in [-0.15, -0.1) is 0 Å². The van der Waals surface area contributed by atoms with Crippen molar-refractivity contribution in [3.05, 3.63) is 47.7 Å². The molecule has 1 fully saturated rings. The molecule has 0 N–H and O–H groups in total. The van der Waals surface area contributed by atoms with Gasteiger partial charge in [0.15, 0.2) is 0 Å². The van der Waals surface area contributed by atoms with Gasteiger partial charge in [-0.05, 0) is 55.2 Å². The van der Waals surface area contributed by atoms with Gasteiger partial charge in [-0.3, -0.25) is 0 Å². The van der Waals surface area contributed by atoms with Crippen LogP contribution in [0.2, 0.25) is 0 Å². The Morgan fingerprint density at radius 2 is 1.33 bits per heavy atom. The van der Waals surface area contributed by atoms with Gasteiger partial charge < -0.3 is 0 Å². The van der Waals surface area contributed by atoms with Crippen molar-refractivity contribution in [2.75, 3.05) is 0 Å². The third-order valence-corrected chi connectivity index (χ3v) is 7.03. The zero-order valence-corrected chi connectivity index (χ0v) is 19.4. The summed E-state index contributed by atoms with van der Waals surface area (Å²) >= 11 is 0. The maximum Gasteiger partial charge on any atom is 0.0929 e. The Balaban J connectivity index is 1.41. The van der Waals surface area contributed by atoms with Crippen LogP contribution in [0.25, 0.3) is 11.3 Å². The van der Waals surface area contributed by atoms with Crippen molar-refractivity contribution < 1.29 is 0 Å². The number of hydrogen-bond acceptors (Lipinski definition) is 2. The van der Waals surface area contributed by atoms with Crippen LogP contribution in [0, 0.1) is 11.8 Å². The topological polar surface area (TPSA) is 25.8 Å². The Morgan fingerprint density at radius 3 is 1.97 bits per heavy atom. The monoisotopic (exact) mass is 406 g/mol.